The molecule has 1 saturated carbocycles. The van der Waals surface area contributed by atoms with Crippen LogP contribution in [0.4, 0.5) is 0 Å². The average molecular weight is 252 g/mol. The molecule has 1 N–H and O–H groups in total. The van der Waals surface area contributed by atoms with E-state index in [0.29, 0.717) is 19.5 Å². The first-order chi connectivity index (χ1) is 8.42. The summed E-state index contributed by atoms with van der Waals surface area (Å²) in [5.41, 5.74) is -0.0711. The topological polar surface area (TPSA) is 79.2 Å². The molecule has 3 aliphatic rings. The summed E-state index contributed by atoms with van der Waals surface area (Å²) in [6, 6.07) is 0. The molecular weight excluding hydrogens is 236 g/mol. The molecule has 6 nitrogen and oxygen atoms in total. The maximum Gasteiger partial charge on any atom is 0.307 e. The van der Waals surface area contributed by atoms with Gasteiger partial charge in [-0.1, -0.05) is 5.16 Å². The van der Waals surface area contributed by atoms with E-state index in [0.717, 1.165) is 5.71 Å². The van der Waals surface area contributed by atoms with Crippen LogP contribution in [0.15, 0.2) is 5.16 Å². The molecular formula is C12H16N2O4. The van der Waals surface area contributed by atoms with Crippen molar-refractivity contribution < 1.29 is 19.5 Å². The smallest absolute Gasteiger partial charge is 0.307 e. The summed E-state index contributed by atoms with van der Waals surface area (Å²) >= 11 is 0. The monoisotopic (exact) mass is 252 g/mol. The van der Waals surface area contributed by atoms with Gasteiger partial charge in [0.15, 0.2) is 0 Å². The van der Waals surface area contributed by atoms with Crippen LogP contribution in [0.5, 0.6) is 0 Å². The van der Waals surface area contributed by atoms with Gasteiger partial charge < -0.3 is 14.8 Å². The molecule has 3 rings (SSSR count). The van der Waals surface area contributed by atoms with Gasteiger partial charge in [0.2, 0.25) is 5.60 Å². The van der Waals surface area contributed by atoms with Crippen molar-refractivity contribution in [2.75, 3.05) is 13.1 Å². The highest BCUT2D eigenvalue weighted by atomic mass is 16.7. The predicted molar refractivity (Wildman–Crippen MR) is 61.9 cm³/mol. The SMILES string of the molecule is CC1=NO[C@@](C)(C(=O)N2C[C@@H]3C(C(=O)O)[C@@H]3C2)C1. The highest BCUT2D eigenvalue weighted by Gasteiger charge is 2.62. The number of carboxylic acid groups (broad SMARTS) is 1. The third-order valence-corrected chi connectivity index (χ3v) is 4.21. The molecule has 1 aliphatic carbocycles. The van der Waals surface area contributed by atoms with Crippen LogP contribution >= 0.6 is 0 Å². The molecule has 2 fully saturated rings. The fourth-order valence-electron chi connectivity index (χ4n) is 3.24. The molecule has 1 amide bonds. The van der Waals surface area contributed by atoms with Gasteiger partial charge in [-0.15, -0.1) is 0 Å². The van der Waals surface area contributed by atoms with Crippen LogP contribution in [-0.2, 0) is 14.4 Å². The first-order valence-corrected chi connectivity index (χ1v) is 6.16. The molecule has 0 spiro atoms. The Morgan fingerprint density at radius 1 is 1.44 bits per heavy atom. The normalized spacial score (nSPS) is 41.1. The predicted octanol–water partition coefficient (Wildman–Crippen LogP) is 0.330. The van der Waals surface area contributed by atoms with Crippen LogP contribution in [0.1, 0.15) is 20.3 Å². The van der Waals surface area contributed by atoms with E-state index < -0.39 is 11.6 Å². The Morgan fingerprint density at radius 2 is 2.06 bits per heavy atom. The van der Waals surface area contributed by atoms with Gasteiger partial charge in [-0.2, -0.15) is 0 Å². The summed E-state index contributed by atoms with van der Waals surface area (Å²) in [7, 11) is 0. The standard InChI is InChI=1S/C12H16N2O4/c1-6-3-12(2,18-13-6)11(17)14-4-7-8(5-14)9(7)10(15)16/h7-9H,3-5H2,1-2H3,(H,15,16)/t7-,8+,9?,12-/m1/s1. The van der Waals surface area contributed by atoms with Crippen molar-refractivity contribution >= 4 is 17.6 Å². The Kier molecular flexibility index (Phi) is 2.21. The number of oxime groups is 1. The summed E-state index contributed by atoms with van der Waals surface area (Å²) in [6.07, 6.45) is 0.514. The van der Waals surface area contributed by atoms with Gasteiger partial charge in [0.1, 0.15) is 0 Å². The summed E-state index contributed by atoms with van der Waals surface area (Å²) in [4.78, 5) is 30.2. The third kappa shape index (κ3) is 1.51. The number of carboxylic acids is 1. The Labute approximate surface area is 105 Å². The van der Waals surface area contributed by atoms with Crippen LogP contribution in [0, 0.1) is 17.8 Å². The van der Waals surface area contributed by atoms with Crippen LogP contribution < -0.4 is 0 Å². The highest BCUT2D eigenvalue weighted by Crippen LogP contribution is 2.52. The number of aliphatic carboxylic acids is 1. The van der Waals surface area contributed by atoms with Gasteiger partial charge in [-0.05, 0) is 25.7 Å². The largest absolute Gasteiger partial charge is 0.481 e. The minimum Gasteiger partial charge on any atom is -0.481 e. The molecule has 2 heterocycles. The molecule has 0 aromatic carbocycles. The van der Waals surface area contributed by atoms with Crippen molar-refractivity contribution in [3.05, 3.63) is 0 Å². The van der Waals surface area contributed by atoms with Crippen molar-refractivity contribution in [2.24, 2.45) is 22.9 Å². The summed E-state index contributed by atoms with van der Waals surface area (Å²) < 4.78 is 0. The molecule has 6 heteroatoms. The third-order valence-electron chi connectivity index (χ3n) is 4.21. The fraction of sp³-hybridized carbons (Fsp3) is 0.750. The van der Waals surface area contributed by atoms with Gasteiger partial charge in [0, 0.05) is 19.5 Å². The number of rotatable bonds is 2. The van der Waals surface area contributed by atoms with E-state index in [-0.39, 0.29) is 23.7 Å². The van der Waals surface area contributed by atoms with E-state index >= 15 is 0 Å². The molecule has 2 aliphatic heterocycles. The van der Waals surface area contributed by atoms with Crippen LogP contribution in [0.2, 0.25) is 0 Å². The van der Waals surface area contributed by atoms with E-state index in [4.69, 9.17) is 9.94 Å². The Morgan fingerprint density at radius 3 is 2.50 bits per heavy atom. The molecule has 18 heavy (non-hydrogen) atoms. The second-order valence-corrected chi connectivity index (χ2v) is 5.73. The van der Waals surface area contributed by atoms with Gasteiger partial charge >= 0.3 is 5.97 Å². The second kappa shape index (κ2) is 3.46. The van der Waals surface area contributed by atoms with E-state index in [1.54, 1.807) is 11.8 Å². The van der Waals surface area contributed by atoms with Crippen molar-refractivity contribution in [1.29, 1.82) is 0 Å². The van der Waals surface area contributed by atoms with Crippen molar-refractivity contribution in [2.45, 2.75) is 25.9 Å². The number of likely N-dealkylation sites (tertiary alicyclic amines) is 1. The number of carbonyl (C=O) groups excluding carboxylic acids is 1. The van der Waals surface area contributed by atoms with E-state index in [9.17, 15) is 9.59 Å². The lowest BCUT2D eigenvalue weighted by atomic mass is 9.98. The van der Waals surface area contributed by atoms with E-state index in [2.05, 4.69) is 5.16 Å². The molecule has 0 aromatic rings. The minimum atomic E-state index is -0.889. The zero-order chi connectivity index (χ0) is 13.1. The summed E-state index contributed by atoms with van der Waals surface area (Å²) in [5, 5.41) is 12.8. The van der Waals surface area contributed by atoms with Gasteiger partial charge in [-0.3, -0.25) is 9.59 Å². The summed E-state index contributed by atoms with van der Waals surface area (Å²) in [5.74, 6) is -0.777. The quantitative estimate of drug-likeness (QED) is 0.768. The number of nitrogens with zero attached hydrogens (tertiary/aromatic N) is 2. The number of carbonyl (C=O) groups is 2. The van der Waals surface area contributed by atoms with Crippen molar-refractivity contribution in [1.82, 2.24) is 4.90 Å². The van der Waals surface area contributed by atoms with Crippen molar-refractivity contribution in [3.8, 4) is 0 Å². The molecule has 0 aromatic heterocycles. The zero-order valence-electron chi connectivity index (χ0n) is 10.4. The first kappa shape index (κ1) is 11.5. The average Bonchev–Trinajstić information content (AvgIpc) is 2.66. The molecule has 0 bridgehead atoms. The Balaban J connectivity index is 1.63. The molecule has 4 atom stereocenters. The zero-order valence-corrected chi connectivity index (χ0v) is 10.4. The van der Waals surface area contributed by atoms with Gasteiger partial charge in [0.25, 0.3) is 5.91 Å². The second-order valence-electron chi connectivity index (χ2n) is 5.73. The summed E-state index contributed by atoms with van der Waals surface area (Å²) in [6.45, 7) is 4.66. The lowest BCUT2D eigenvalue weighted by molar-refractivity contribution is -0.153. The van der Waals surface area contributed by atoms with E-state index in [1.165, 1.54) is 0 Å². The molecule has 1 unspecified atom stereocenters. The number of fused-ring (bicyclic) bond motifs is 1. The maximum atomic E-state index is 12.3. The lowest BCUT2D eigenvalue weighted by Gasteiger charge is -2.28. The van der Waals surface area contributed by atoms with Crippen LogP contribution in [0.3, 0.4) is 0 Å². The molecule has 0 radical (unpaired) electrons. The fourth-order valence-corrected chi connectivity index (χ4v) is 3.24. The Bertz CT molecular complexity index is 449. The highest BCUT2D eigenvalue weighted by molar-refractivity contribution is 5.94. The minimum absolute atomic E-state index is 0.0700. The number of amides is 1. The molecule has 1 saturated heterocycles. The van der Waals surface area contributed by atoms with Crippen LogP contribution in [-0.4, -0.2) is 46.3 Å². The van der Waals surface area contributed by atoms with E-state index in [1.807, 2.05) is 6.92 Å². The first-order valence-electron chi connectivity index (χ1n) is 6.16. The van der Waals surface area contributed by atoms with Crippen LogP contribution in [0.25, 0.3) is 0 Å². The maximum absolute atomic E-state index is 12.3. The van der Waals surface area contributed by atoms with Gasteiger partial charge in [0.05, 0.1) is 11.6 Å². The van der Waals surface area contributed by atoms with Crippen molar-refractivity contribution in [3.63, 3.8) is 0 Å². The van der Waals surface area contributed by atoms with Gasteiger partial charge in [-0.25, -0.2) is 0 Å². The number of piperidine rings is 1. The lowest BCUT2D eigenvalue weighted by Crippen LogP contribution is -2.47. The number of hydrogen-bond acceptors (Lipinski definition) is 4. The number of hydrogen-bond donors (Lipinski definition) is 1. The molecule has 98 valence electrons. The Hall–Kier alpha value is -1.59.